The monoisotopic (exact) mass is 192 g/mol. The third kappa shape index (κ3) is 1.89. The lowest BCUT2D eigenvalue weighted by molar-refractivity contribution is 0.949. The van der Waals surface area contributed by atoms with Crippen molar-refractivity contribution in [2.75, 3.05) is 0 Å². The molecule has 1 N–H and O–H groups in total. The molecule has 2 aromatic heterocycles. The molecule has 0 unspecified atom stereocenters. The Labute approximate surface area is 83.8 Å². The summed E-state index contributed by atoms with van der Waals surface area (Å²) >= 11 is 0. The molecule has 0 aliphatic heterocycles. The van der Waals surface area contributed by atoms with E-state index in [1.807, 2.05) is 33.9 Å². The van der Waals surface area contributed by atoms with E-state index in [1.165, 1.54) is 0 Å². The SMILES string of the molecule is CC.CCc1ncc2c(C)[nH]nc2n1. The van der Waals surface area contributed by atoms with E-state index in [0.717, 1.165) is 29.0 Å². The fraction of sp³-hybridized carbons (Fsp3) is 0.500. The predicted molar refractivity (Wildman–Crippen MR) is 57.1 cm³/mol. The molecule has 0 spiro atoms. The maximum absolute atomic E-state index is 4.26. The number of hydrogen-bond acceptors (Lipinski definition) is 3. The summed E-state index contributed by atoms with van der Waals surface area (Å²) in [5, 5.41) is 7.93. The zero-order valence-electron chi connectivity index (χ0n) is 9.13. The molecule has 0 saturated carbocycles. The summed E-state index contributed by atoms with van der Waals surface area (Å²) in [6.45, 7) is 7.99. The zero-order chi connectivity index (χ0) is 10.6. The van der Waals surface area contributed by atoms with Crippen LogP contribution in [0.25, 0.3) is 11.0 Å². The Morgan fingerprint density at radius 1 is 1.36 bits per heavy atom. The highest BCUT2D eigenvalue weighted by Crippen LogP contribution is 2.10. The molecular formula is C10H16N4. The standard InChI is InChI=1S/C8H10N4.C2H6/c1-3-7-9-4-6-5(2)11-12-8(6)10-7;1-2/h4H,3H2,1-2H3,(H,9,10,11,12);1-2H3. The minimum atomic E-state index is 0.763. The number of aromatic nitrogens is 4. The van der Waals surface area contributed by atoms with Crippen LogP contribution in [-0.4, -0.2) is 20.2 Å². The third-order valence-corrected chi connectivity index (χ3v) is 1.87. The molecule has 2 rings (SSSR count). The summed E-state index contributed by atoms with van der Waals surface area (Å²) in [6, 6.07) is 0. The summed E-state index contributed by atoms with van der Waals surface area (Å²) in [5.41, 5.74) is 1.78. The van der Waals surface area contributed by atoms with Crippen LogP contribution in [0, 0.1) is 6.92 Å². The predicted octanol–water partition coefficient (Wildman–Crippen LogP) is 2.25. The van der Waals surface area contributed by atoms with Crippen molar-refractivity contribution in [3.8, 4) is 0 Å². The van der Waals surface area contributed by atoms with Gasteiger partial charge in [-0.05, 0) is 6.92 Å². The Kier molecular flexibility index (Phi) is 3.56. The van der Waals surface area contributed by atoms with Crippen LogP contribution in [0.4, 0.5) is 0 Å². The Balaban J connectivity index is 0.000000461. The summed E-state index contributed by atoms with van der Waals surface area (Å²) in [6.07, 6.45) is 2.67. The minimum Gasteiger partial charge on any atom is -0.280 e. The largest absolute Gasteiger partial charge is 0.280 e. The minimum absolute atomic E-state index is 0.763. The number of rotatable bonds is 1. The lowest BCUT2D eigenvalue weighted by Gasteiger charge is -1.92. The third-order valence-electron chi connectivity index (χ3n) is 1.87. The van der Waals surface area contributed by atoms with Gasteiger partial charge in [0.15, 0.2) is 5.65 Å². The molecule has 0 bridgehead atoms. The van der Waals surface area contributed by atoms with E-state index in [2.05, 4.69) is 20.2 Å². The molecule has 0 fully saturated rings. The highest BCUT2D eigenvalue weighted by molar-refractivity contribution is 5.76. The van der Waals surface area contributed by atoms with E-state index in [1.54, 1.807) is 0 Å². The van der Waals surface area contributed by atoms with Crippen molar-refractivity contribution >= 4 is 11.0 Å². The number of H-pyrrole nitrogens is 1. The molecule has 4 heteroatoms. The van der Waals surface area contributed by atoms with Gasteiger partial charge in [0.25, 0.3) is 0 Å². The van der Waals surface area contributed by atoms with Gasteiger partial charge in [-0.25, -0.2) is 9.97 Å². The molecule has 0 aromatic carbocycles. The average Bonchev–Trinajstić information content (AvgIpc) is 2.63. The van der Waals surface area contributed by atoms with Gasteiger partial charge >= 0.3 is 0 Å². The van der Waals surface area contributed by atoms with Gasteiger partial charge in [-0.1, -0.05) is 20.8 Å². The van der Waals surface area contributed by atoms with E-state index in [9.17, 15) is 0 Å². The molecule has 2 heterocycles. The van der Waals surface area contributed by atoms with Crippen LogP contribution < -0.4 is 0 Å². The first kappa shape index (κ1) is 10.6. The molecule has 0 radical (unpaired) electrons. The molecule has 2 aromatic rings. The van der Waals surface area contributed by atoms with Gasteiger partial charge in [0.2, 0.25) is 0 Å². The summed E-state index contributed by atoms with van der Waals surface area (Å²) in [5.74, 6) is 0.842. The fourth-order valence-electron chi connectivity index (χ4n) is 1.13. The average molecular weight is 192 g/mol. The molecule has 0 aliphatic rings. The molecule has 0 aliphatic carbocycles. The fourth-order valence-corrected chi connectivity index (χ4v) is 1.13. The smallest absolute Gasteiger partial charge is 0.184 e. The van der Waals surface area contributed by atoms with E-state index in [0.29, 0.717) is 0 Å². The summed E-state index contributed by atoms with van der Waals surface area (Å²) in [4.78, 5) is 8.45. The van der Waals surface area contributed by atoms with Crippen molar-refractivity contribution in [3.05, 3.63) is 17.7 Å². The zero-order valence-corrected chi connectivity index (χ0v) is 9.13. The van der Waals surface area contributed by atoms with Crippen molar-refractivity contribution in [3.63, 3.8) is 0 Å². The number of aromatic amines is 1. The van der Waals surface area contributed by atoms with Crippen LogP contribution in [0.2, 0.25) is 0 Å². The topological polar surface area (TPSA) is 54.5 Å². The Morgan fingerprint density at radius 2 is 2.07 bits per heavy atom. The second-order valence-corrected chi connectivity index (χ2v) is 2.73. The number of nitrogens with zero attached hydrogens (tertiary/aromatic N) is 3. The van der Waals surface area contributed by atoms with Crippen LogP contribution in [0.3, 0.4) is 0 Å². The van der Waals surface area contributed by atoms with Crippen LogP contribution in [0.1, 0.15) is 32.3 Å². The van der Waals surface area contributed by atoms with Gasteiger partial charge in [-0.15, -0.1) is 0 Å². The summed E-state index contributed by atoms with van der Waals surface area (Å²) in [7, 11) is 0. The van der Waals surface area contributed by atoms with Crippen LogP contribution in [-0.2, 0) is 6.42 Å². The summed E-state index contributed by atoms with van der Waals surface area (Å²) < 4.78 is 0. The molecular weight excluding hydrogens is 176 g/mol. The maximum atomic E-state index is 4.26. The van der Waals surface area contributed by atoms with Gasteiger partial charge in [0.1, 0.15) is 5.82 Å². The lowest BCUT2D eigenvalue weighted by atomic mass is 10.3. The second-order valence-electron chi connectivity index (χ2n) is 2.73. The number of aryl methyl sites for hydroxylation is 2. The molecule has 0 atom stereocenters. The molecule has 14 heavy (non-hydrogen) atoms. The maximum Gasteiger partial charge on any atom is 0.184 e. The Bertz CT molecular complexity index is 405. The highest BCUT2D eigenvalue weighted by atomic mass is 15.2. The van der Waals surface area contributed by atoms with E-state index < -0.39 is 0 Å². The first-order valence-corrected chi connectivity index (χ1v) is 4.98. The first-order chi connectivity index (χ1) is 6.81. The molecule has 76 valence electrons. The number of fused-ring (bicyclic) bond motifs is 1. The van der Waals surface area contributed by atoms with Gasteiger partial charge in [-0.3, -0.25) is 5.10 Å². The van der Waals surface area contributed by atoms with Crippen molar-refractivity contribution in [2.45, 2.75) is 34.1 Å². The lowest BCUT2D eigenvalue weighted by Crippen LogP contribution is -1.91. The first-order valence-electron chi connectivity index (χ1n) is 4.98. The second kappa shape index (κ2) is 4.69. The normalized spacial score (nSPS) is 9.71. The van der Waals surface area contributed by atoms with E-state index >= 15 is 0 Å². The highest BCUT2D eigenvalue weighted by Gasteiger charge is 2.02. The Hall–Kier alpha value is -1.45. The van der Waals surface area contributed by atoms with E-state index in [-0.39, 0.29) is 0 Å². The molecule has 4 nitrogen and oxygen atoms in total. The van der Waals surface area contributed by atoms with E-state index in [4.69, 9.17) is 0 Å². The van der Waals surface area contributed by atoms with Gasteiger partial charge in [-0.2, -0.15) is 5.10 Å². The van der Waals surface area contributed by atoms with Gasteiger partial charge < -0.3 is 0 Å². The van der Waals surface area contributed by atoms with Crippen molar-refractivity contribution in [2.24, 2.45) is 0 Å². The molecule has 0 saturated heterocycles. The van der Waals surface area contributed by atoms with Gasteiger partial charge in [0, 0.05) is 18.3 Å². The van der Waals surface area contributed by atoms with Crippen molar-refractivity contribution < 1.29 is 0 Å². The van der Waals surface area contributed by atoms with Crippen LogP contribution in [0.15, 0.2) is 6.20 Å². The number of nitrogens with one attached hydrogen (secondary N) is 1. The molecule has 0 amide bonds. The number of hydrogen-bond donors (Lipinski definition) is 1. The quantitative estimate of drug-likeness (QED) is 0.754. The van der Waals surface area contributed by atoms with Crippen LogP contribution >= 0.6 is 0 Å². The van der Waals surface area contributed by atoms with Gasteiger partial charge in [0.05, 0.1) is 5.39 Å². The Morgan fingerprint density at radius 3 is 2.71 bits per heavy atom. The van der Waals surface area contributed by atoms with Crippen LogP contribution in [0.5, 0.6) is 0 Å². The van der Waals surface area contributed by atoms with Crippen molar-refractivity contribution in [1.29, 1.82) is 0 Å². The van der Waals surface area contributed by atoms with Crippen molar-refractivity contribution in [1.82, 2.24) is 20.2 Å².